The molecule has 2 rings (SSSR count). The Balaban J connectivity index is 2.17. The number of hydrogen-bond donors (Lipinski definition) is 1. The van der Waals surface area contributed by atoms with Gasteiger partial charge < -0.3 is 5.11 Å². The van der Waals surface area contributed by atoms with Crippen LogP contribution in [0, 0.1) is 0 Å². The Bertz CT molecular complexity index is 410. The number of nitrogens with zero attached hydrogens (tertiary/aromatic N) is 2. The Morgan fingerprint density at radius 1 is 1.30 bits per heavy atom. The molecule has 112 valence electrons. The molecule has 0 aromatic heterocycles. The van der Waals surface area contributed by atoms with Crippen LogP contribution in [0.4, 0.5) is 0 Å². The highest BCUT2D eigenvalue weighted by Crippen LogP contribution is 2.26. The number of likely N-dealkylation sites (tertiary alicyclic amines) is 2. The van der Waals surface area contributed by atoms with Gasteiger partial charge in [0.15, 0.2) is 0 Å². The highest BCUT2D eigenvalue weighted by atomic mass is 16.4. The van der Waals surface area contributed by atoms with Crippen LogP contribution in [0.25, 0.3) is 0 Å². The first-order valence-corrected chi connectivity index (χ1v) is 7.39. The number of hydrogen-bond acceptors (Lipinski definition) is 4. The predicted octanol–water partition coefficient (Wildman–Crippen LogP) is 0.853. The average Bonchev–Trinajstić information content (AvgIpc) is 2.61. The molecule has 2 aliphatic heterocycles. The maximum atomic E-state index is 12.4. The van der Waals surface area contributed by atoms with Crippen molar-refractivity contribution in [1.82, 2.24) is 9.80 Å². The van der Waals surface area contributed by atoms with Gasteiger partial charge in [-0.2, -0.15) is 0 Å². The molecule has 2 atom stereocenters. The molecule has 0 saturated carbocycles. The van der Waals surface area contributed by atoms with Crippen LogP contribution in [-0.2, 0) is 14.4 Å². The molecular weight excluding hydrogens is 260 g/mol. The fraction of sp³-hybridized carbons (Fsp3) is 0.786. The van der Waals surface area contributed by atoms with Crippen LogP contribution in [-0.4, -0.2) is 57.9 Å². The number of carboxylic acid groups (broad SMARTS) is 1. The van der Waals surface area contributed by atoms with E-state index in [1.807, 2.05) is 6.92 Å². The fourth-order valence-corrected chi connectivity index (χ4v) is 3.15. The van der Waals surface area contributed by atoms with E-state index in [0.29, 0.717) is 19.5 Å². The maximum Gasteiger partial charge on any atom is 0.320 e. The predicted molar refractivity (Wildman–Crippen MR) is 72.0 cm³/mol. The van der Waals surface area contributed by atoms with Gasteiger partial charge in [-0.05, 0) is 25.8 Å². The lowest BCUT2D eigenvalue weighted by Crippen LogP contribution is -2.50. The summed E-state index contributed by atoms with van der Waals surface area (Å²) in [5.41, 5.74) is 0. The van der Waals surface area contributed by atoms with Gasteiger partial charge in [0.2, 0.25) is 11.8 Å². The molecule has 2 heterocycles. The summed E-state index contributed by atoms with van der Waals surface area (Å²) in [6.45, 7) is 2.93. The minimum atomic E-state index is -0.888. The number of amides is 2. The van der Waals surface area contributed by atoms with E-state index in [2.05, 4.69) is 0 Å². The fourth-order valence-electron chi connectivity index (χ4n) is 3.15. The summed E-state index contributed by atoms with van der Waals surface area (Å²) < 4.78 is 0. The average molecular weight is 282 g/mol. The molecule has 0 radical (unpaired) electrons. The molecule has 2 fully saturated rings. The van der Waals surface area contributed by atoms with E-state index in [1.54, 1.807) is 4.90 Å². The first kappa shape index (κ1) is 15.0. The summed E-state index contributed by atoms with van der Waals surface area (Å²) in [7, 11) is 0. The van der Waals surface area contributed by atoms with E-state index in [4.69, 9.17) is 0 Å². The zero-order valence-electron chi connectivity index (χ0n) is 11.9. The van der Waals surface area contributed by atoms with Crippen LogP contribution >= 0.6 is 0 Å². The molecule has 0 aromatic carbocycles. The molecule has 20 heavy (non-hydrogen) atoms. The summed E-state index contributed by atoms with van der Waals surface area (Å²) in [4.78, 5) is 38.7. The van der Waals surface area contributed by atoms with Gasteiger partial charge in [-0.1, -0.05) is 19.8 Å². The number of carbonyl (C=O) groups excluding carboxylic acids is 2. The summed E-state index contributed by atoms with van der Waals surface area (Å²) >= 11 is 0. The Morgan fingerprint density at radius 3 is 2.70 bits per heavy atom. The van der Waals surface area contributed by atoms with E-state index >= 15 is 0 Å². The molecule has 1 N–H and O–H groups in total. The molecule has 0 spiro atoms. The number of carboxylic acids is 1. The Kier molecular flexibility index (Phi) is 4.75. The molecular formula is C14H22N2O4. The smallest absolute Gasteiger partial charge is 0.320 e. The normalized spacial score (nSPS) is 28.8. The van der Waals surface area contributed by atoms with Gasteiger partial charge in [-0.3, -0.25) is 24.2 Å². The standard InChI is InChI=1S/C14H22N2O4/c1-2-7-16-12(17)9-11(13(16)18)15-8-5-3-4-6-10(15)14(19)20/h10-11H,2-9H2,1H3,(H,19,20). The van der Waals surface area contributed by atoms with Crippen molar-refractivity contribution in [2.75, 3.05) is 13.1 Å². The third kappa shape index (κ3) is 2.85. The molecule has 0 aromatic rings. The molecule has 0 bridgehead atoms. The number of aliphatic carboxylic acids is 1. The van der Waals surface area contributed by atoms with E-state index in [0.717, 1.165) is 25.7 Å². The zero-order valence-corrected chi connectivity index (χ0v) is 11.9. The minimum absolute atomic E-state index is 0.128. The highest BCUT2D eigenvalue weighted by Gasteiger charge is 2.45. The van der Waals surface area contributed by atoms with Crippen LogP contribution in [0.1, 0.15) is 45.4 Å². The van der Waals surface area contributed by atoms with Gasteiger partial charge in [0.1, 0.15) is 6.04 Å². The van der Waals surface area contributed by atoms with Crippen molar-refractivity contribution >= 4 is 17.8 Å². The summed E-state index contributed by atoms with van der Waals surface area (Å²) in [6, 6.07) is -1.21. The van der Waals surface area contributed by atoms with E-state index < -0.39 is 18.1 Å². The summed E-state index contributed by atoms with van der Waals surface area (Å²) in [6.07, 6.45) is 4.14. The van der Waals surface area contributed by atoms with Crippen LogP contribution in [0.3, 0.4) is 0 Å². The van der Waals surface area contributed by atoms with Crippen molar-refractivity contribution < 1.29 is 19.5 Å². The van der Waals surface area contributed by atoms with Crippen LogP contribution in [0.2, 0.25) is 0 Å². The molecule has 2 aliphatic rings. The minimum Gasteiger partial charge on any atom is -0.480 e. The zero-order chi connectivity index (χ0) is 14.7. The topological polar surface area (TPSA) is 77.9 Å². The van der Waals surface area contributed by atoms with E-state index in [9.17, 15) is 19.5 Å². The highest BCUT2D eigenvalue weighted by molar-refractivity contribution is 6.05. The van der Waals surface area contributed by atoms with Gasteiger partial charge in [0.25, 0.3) is 0 Å². The lowest BCUT2D eigenvalue weighted by molar-refractivity contribution is -0.146. The van der Waals surface area contributed by atoms with Gasteiger partial charge in [-0.15, -0.1) is 0 Å². The summed E-state index contributed by atoms with van der Waals surface area (Å²) in [5.74, 6) is -1.28. The van der Waals surface area contributed by atoms with Crippen molar-refractivity contribution in [2.45, 2.75) is 57.5 Å². The first-order valence-electron chi connectivity index (χ1n) is 7.39. The van der Waals surface area contributed by atoms with Gasteiger partial charge in [0.05, 0.1) is 12.5 Å². The molecule has 0 aliphatic carbocycles. The maximum absolute atomic E-state index is 12.4. The van der Waals surface area contributed by atoms with Crippen molar-refractivity contribution in [3.05, 3.63) is 0 Å². The first-order chi connectivity index (χ1) is 9.56. The molecule has 6 heteroatoms. The Labute approximate surface area is 118 Å². The van der Waals surface area contributed by atoms with Crippen LogP contribution in [0.5, 0.6) is 0 Å². The third-order valence-corrected chi connectivity index (χ3v) is 4.15. The monoisotopic (exact) mass is 282 g/mol. The van der Waals surface area contributed by atoms with Crippen molar-refractivity contribution in [2.24, 2.45) is 0 Å². The lowest BCUT2D eigenvalue weighted by atomic mass is 10.1. The van der Waals surface area contributed by atoms with Crippen molar-refractivity contribution in [3.8, 4) is 0 Å². The number of imide groups is 1. The third-order valence-electron chi connectivity index (χ3n) is 4.15. The molecule has 2 amide bonds. The second kappa shape index (κ2) is 6.35. The van der Waals surface area contributed by atoms with E-state index in [-0.39, 0.29) is 18.2 Å². The van der Waals surface area contributed by atoms with Crippen LogP contribution < -0.4 is 0 Å². The lowest BCUT2D eigenvalue weighted by Gasteiger charge is -2.30. The second-order valence-corrected chi connectivity index (χ2v) is 5.54. The van der Waals surface area contributed by atoms with Crippen molar-refractivity contribution in [3.63, 3.8) is 0 Å². The summed E-state index contributed by atoms with van der Waals surface area (Å²) in [5, 5.41) is 9.36. The van der Waals surface area contributed by atoms with Crippen LogP contribution in [0.15, 0.2) is 0 Å². The van der Waals surface area contributed by atoms with Crippen molar-refractivity contribution in [1.29, 1.82) is 0 Å². The molecule has 2 unspecified atom stereocenters. The van der Waals surface area contributed by atoms with E-state index in [1.165, 1.54) is 4.90 Å². The quantitative estimate of drug-likeness (QED) is 0.774. The molecule has 6 nitrogen and oxygen atoms in total. The number of carbonyl (C=O) groups is 3. The van der Waals surface area contributed by atoms with Gasteiger partial charge in [0, 0.05) is 6.54 Å². The van der Waals surface area contributed by atoms with Gasteiger partial charge >= 0.3 is 5.97 Å². The Hall–Kier alpha value is -1.43. The largest absolute Gasteiger partial charge is 0.480 e. The number of rotatable bonds is 4. The SMILES string of the molecule is CCCN1C(=O)CC(N2CCCCCC2C(=O)O)C1=O. The van der Waals surface area contributed by atoms with Gasteiger partial charge in [-0.25, -0.2) is 0 Å². The Morgan fingerprint density at radius 2 is 2.05 bits per heavy atom. The second-order valence-electron chi connectivity index (χ2n) is 5.54. The molecule has 2 saturated heterocycles.